The highest BCUT2D eigenvalue weighted by molar-refractivity contribution is 5.80. The summed E-state index contributed by atoms with van der Waals surface area (Å²) in [7, 11) is 0. The molecule has 32 heavy (non-hydrogen) atoms. The Morgan fingerprint density at radius 1 is 1.22 bits per heavy atom. The minimum Gasteiger partial charge on any atom is -0.365 e. The highest BCUT2D eigenvalue weighted by atomic mass is 19.3. The molecule has 0 radical (unpaired) electrons. The minimum atomic E-state index is -2.54. The lowest BCUT2D eigenvalue weighted by Gasteiger charge is -2.20. The molecule has 0 spiro atoms. The Kier molecular flexibility index (Phi) is 6.39. The maximum absolute atomic E-state index is 13.3. The molecule has 0 atom stereocenters. The van der Waals surface area contributed by atoms with E-state index in [-0.39, 0.29) is 30.0 Å². The van der Waals surface area contributed by atoms with E-state index in [1.165, 1.54) is 6.07 Å². The van der Waals surface area contributed by atoms with E-state index in [2.05, 4.69) is 20.6 Å². The lowest BCUT2D eigenvalue weighted by molar-refractivity contribution is -0.121. The Morgan fingerprint density at radius 2 is 1.94 bits per heavy atom. The maximum Gasteiger partial charge on any atom is 0.264 e. The van der Waals surface area contributed by atoms with E-state index in [0.717, 1.165) is 18.4 Å². The van der Waals surface area contributed by atoms with Gasteiger partial charge in [0.05, 0.1) is 30.9 Å². The van der Waals surface area contributed by atoms with Crippen molar-refractivity contribution in [3.63, 3.8) is 0 Å². The van der Waals surface area contributed by atoms with Gasteiger partial charge in [-0.3, -0.25) is 4.79 Å². The summed E-state index contributed by atoms with van der Waals surface area (Å²) in [6.45, 7) is 6.59. The van der Waals surface area contributed by atoms with Gasteiger partial charge in [0.2, 0.25) is 5.91 Å². The largest absolute Gasteiger partial charge is 0.365 e. The van der Waals surface area contributed by atoms with Gasteiger partial charge in [-0.05, 0) is 44.7 Å². The summed E-state index contributed by atoms with van der Waals surface area (Å²) in [5.41, 5.74) is 2.26. The summed E-state index contributed by atoms with van der Waals surface area (Å²) in [5.74, 6) is 0.855. The molecule has 2 aromatic rings. The predicted octanol–water partition coefficient (Wildman–Crippen LogP) is 3.90. The molecule has 4 rings (SSSR count). The van der Waals surface area contributed by atoms with Crippen molar-refractivity contribution in [3.05, 3.63) is 52.0 Å². The molecule has 2 fully saturated rings. The molecule has 1 aromatic carbocycles. The van der Waals surface area contributed by atoms with E-state index in [1.54, 1.807) is 26.0 Å². The molecule has 1 saturated heterocycles. The summed E-state index contributed by atoms with van der Waals surface area (Å²) in [6.07, 6.45) is -1.22. The van der Waals surface area contributed by atoms with E-state index >= 15 is 0 Å². The quantitative estimate of drug-likeness (QED) is 0.640. The number of carbonyl (C=O) groups excluding carboxylic acids is 1. The van der Waals surface area contributed by atoms with Crippen molar-refractivity contribution in [1.82, 2.24) is 15.3 Å². The summed E-state index contributed by atoms with van der Waals surface area (Å²) in [6, 6.07) is 4.85. The number of rotatable bonds is 8. The summed E-state index contributed by atoms with van der Waals surface area (Å²) >= 11 is 0. The van der Waals surface area contributed by atoms with Gasteiger partial charge < -0.3 is 20.1 Å². The van der Waals surface area contributed by atoms with Crippen LogP contribution in [-0.2, 0) is 27.2 Å². The number of anilines is 1. The van der Waals surface area contributed by atoms with Gasteiger partial charge in [0.15, 0.2) is 6.29 Å². The Balaban J connectivity index is 1.61. The van der Waals surface area contributed by atoms with Crippen LogP contribution >= 0.6 is 0 Å². The van der Waals surface area contributed by atoms with E-state index < -0.39 is 12.7 Å². The van der Waals surface area contributed by atoms with Crippen LogP contribution in [0.25, 0.3) is 0 Å². The SMILES string of the molecule is Cc1nc(CC(=O)NC2(C)CC2)c(C2OCCO2)c(NCc2cccc(C(F)F)c2C)n1. The molecule has 172 valence electrons. The number of amides is 1. The number of hydrogen-bond donors (Lipinski definition) is 2. The molecule has 0 bridgehead atoms. The number of aryl methyl sites for hydroxylation is 1. The van der Waals surface area contributed by atoms with Gasteiger partial charge in [-0.1, -0.05) is 18.2 Å². The van der Waals surface area contributed by atoms with Crippen LogP contribution in [0.3, 0.4) is 0 Å². The molecule has 0 unspecified atom stereocenters. The lowest BCUT2D eigenvalue weighted by atomic mass is 10.0. The third-order valence-electron chi connectivity index (χ3n) is 5.93. The first-order chi connectivity index (χ1) is 15.3. The zero-order valence-corrected chi connectivity index (χ0v) is 18.5. The average Bonchev–Trinajstić information content (AvgIpc) is 3.21. The van der Waals surface area contributed by atoms with E-state index in [4.69, 9.17) is 9.47 Å². The van der Waals surface area contributed by atoms with E-state index in [1.807, 2.05) is 6.92 Å². The van der Waals surface area contributed by atoms with Crippen molar-refractivity contribution in [2.45, 2.75) is 64.8 Å². The molecule has 7 nitrogen and oxygen atoms in total. The summed E-state index contributed by atoms with van der Waals surface area (Å²) in [5, 5.41) is 6.29. The highest BCUT2D eigenvalue weighted by Crippen LogP contribution is 2.35. The molecular weight excluding hydrogens is 418 g/mol. The van der Waals surface area contributed by atoms with Gasteiger partial charge in [-0.15, -0.1) is 0 Å². The second kappa shape index (κ2) is 9.07. The van der Waals surface area contributed by atoms with Crippen LogP contribution in [0.2, 0.25) is 0 Å². The number of nitrogens with zero attached hydrogens (tertiary/aromatic N) is 2. The number of alkyl halides is 2. The second-order valence-corrected chi connectivity index (χ2v) is 8.62. The number of carbonyl (C=O) groups is 1. The van der Waals surface area contributed by atoms with E-state index in [9.17, 15) is 13.6 Å². The Hall–Kier alpha value is -2.65. The van der Waals surface area contributed by atoms with Crippen LogP contribution in [0, 0.1) is 13.8 Å². The maximum atomic E-state index is 13.3. The van der Waals surface area contributed by atoms with Gasteiger partial charge in [0.1, 0.15) is 11.6 Å². The fourth-order valence-electron chi connectivity index (χ4n) is 3.84. The second-order valence-electron chi connectivity index (χ2n) is 8.62. The third-order valence-corrected chi connectivity index (χ3v) is 5.93. The number of benzene rings is 1. The molecule has 1 saturated carbocycles. The zero-order valence-electron chi connectivity index (χ0n) is 18.5. The van der Waals surface area contributed by atoms with Crippen molar-refractivity contribution in [3.8, 4) is 0 Å². The van der Waals surface area contributed by atoms with Crippen LogP contribution in [-0.4, -0.2) is 34.6 Å². The number of aromatic nitrogens is 2. The molecule has 1 aromatic heterocycles. The Bertz CT molecular complexity index is 1000. The van der Waals surface area contributed by atoms with Gasteiger partial charge in [0.25, 0.3) is 6.43 Å². The minimum absolute atomic E-state index is 0.0109. The smallest absolute Gasteiger partial charge is 0.264 e. The topological polar surface area (TPSA) is 85.4 Å². The molecule has 2 aliphatic rings. The van der Waals surface area contributed by atoms with Gasteiger partial charge in [-0.25, -0.2) is 18.7 Å². The number of hydrogen-bond acceptors (Lipinski definition) is 6. The van der Waals surface area contributed by atoms with E-state index in [0.29, 0.717) is 41.7 Å². The molecule has 2 heterocycles. The fourth-order valence-corrected chi connectivity index (χ4v) is 3.84. The molecule has 2 N–H and O–H groups in total. The Morgan fingerprint density at radius 3 is 2.59 bits per heavy atom. The summed E-state index contributed by atoms with van der Waals surface area (Å²) in [4.78, 5) is 21.7. The number of ether oxygens (including phenoxy) is 2. The standard InChI is InChI=1S/C23H28F2N4O3/c1-13-15(5-4-6-16(13)20(24)25)12-26-21-19(22-31-9-10-32-22)17(27-14(2)28-21)11-18(30)29-23(3)7-8-23/h4-6,20,22H,7-12H2,1-3H3,(H,29,30)(H,26,27,28). The van der Waals surface area contributed by atoms with Crippen LogP contribution in [0.15, 0.2) is 18.2 Å². The van der Waals surface area contributed by atoms with Crippen molar-refractivity contribution in [1.29, 1.82) is 0 Å². The lowest BCUT2D eigenvalue weighted by Crippen LogP contribution is -2.36. The fraction of sp³-hybridized carbons (Fsp3) is 0.522. The van der Waals surface area contributed by atoms with Crippen molar-refractivity contribution in [2.24, 2.45) is 0 Å². The molecule has 9 heteroatoms. The number of halogens is 2. The van der Waals surface area contributed by atoms with Gasteiger partial charge in [0, 0.05) is 17.6 Å². The van der Waals surface area contributed by atoms with Crippen molar-refractivity contribution < 1.29 is 23.0 Å². The molecular formula is C23H28F2N4O3. The van der Waals surface area contributed by atoms with Crippen LogP contribution < -0.4 is 10.6 Å². The molecule has 1 amide bonds. The van der Waals surface area contributed by atoms with Crippen molar-refractivity contribution >= 4 is 11.7 Å². The summed E-state index contributed by atoms with van der Waals surface area (Å²) < 4.78 is 38.0. The van der Waals surface area contributed by atoms with Crippen molar-refractivity contribution in [2.75, 3.05) is 18.5 Å². The van der Waals surface area contributed by atoms with Gasteiger partial charge >= 0.3 is 0 Å². The monoisotopic (exact) mass is 446 g/mol. The van der Waals surface area contributed by atoms with Crippen LogP contribution in [0.4, 0.5) is 14.6 Å². The highest BCUT2D eigenvalue weighted by Gasteiger charge is 2.39. The first kappa shape index (κ1) is 22.5. The number of nitrogens with one attached hydrogen (secondary N) is 2. The van der Waals surface area contributed by atoms with Crippen LogP contribution in [0.5, 0.6) is 0 Å². The zero-order chi connectivity index (χ0) is 22.9. The first-order valence-electron chi connectivity index (χ1n) is 10.8. The normalized spacial score (nSPS) is 17.6. The van der Waals surface area contributed by atoms with Gasteiger partial charge in [-0.2, -0.15) is 0 Å². The Labute approximate surface area is 185 Å². The molecule has 1 aliphatic heterocycles. The third kappa shape index (κ3) is 5.05. The van der Waals surface area contributed by atoms with Crippen LogP contribution in [0.1, 0.15) is 66.3 Å². The average molecular weight is 446 g/mol. The predicted molar refractivity (Wildman–Crippen MR) is 114 cm³/mol. The molecule has 1 aliphatic carbocycles. The first-order valence-corrected chi connectivity index (χ1v) is 10.8.